The van der Waals surface area contributed by atoms with E-state index in [0.29, 0.717) is 30.4 Å². The Morgan fingerprint density at radius 3 is 3.00 bits per heavy atom. The van der Waals surface area contributed by atoms with E-state index in [4.69, 9.17) is 10.00 Å². The maximum absolute atomic E-state index is 9.14. The Bertz CT molecular complexity index is 557. The average Bonchev–Trinajstić information content (AvgIpc) is 2.89. The average molecular weight is 257 g/mol. The van der Waals surface area contributed by atoms with Crippen molar-refractivity contribution in [3.63, 3.8) is 0 Å². The maximum atomic E-state index is 9.14. The fourth-order valence-corrected chi connectivity index (χ4v) is 1.53. The third kappa shape index (κ3) is 3.45. The Balaban J connectivity index is 2.18. The van der Waals surface area contributed by atoms with Crippen molar-refractivity contribution >= 4 is 23.7 Å². The van der Waals surface area contributed by atoms with Crippen LogP contribution < -0.4 is 5.32 Å². The van der Waals surface area contributed by atoms with E-state index in [1.54, 1.807) is 18.5 Å². The van der Waals surface area contributed by atoms with Crippen LogP contribution in [0, 0.1) is 11.3 Å². The standard InChI is InChI=1S/C13H15N5O/c1-18(2)9-16-12-4-3-11(7-10(12)8-14)17-13-15-5-6-19-13/h3-4,7,9H,5-6H2,1-2H3,(H,15,17). The van der Waals surface area contributed by atoms with Crippen molar-refractivity contribution in [1.29, 1.82) is 5.26 Å². The van der Waals surface area contributed by atoms with Crippen LogP contribution in [0.25, 0.3) is 0 Å². The van der Waals surface area contributed by atoms with Crippen LogP contribution in [0.5, 0.6) is 0 Å². The summed E-state index contributed by atoms with van der Waals surface area (Å²) in [6.07, 6.45) is 1.66. The molecule has 0 fully saturated rings. The monoisotopic (exact) mass is 257 g/mol. The van der Waals surface area contributed by atoms with Gasteiger partial charge >= 0.3 is 0 Å². The van der Waals surface area contributed by atoms with Crippen molar-refractivity contribution in [2.75, 3.05) is 32.6 Å². The van der Waals surface area contributed by atoms with E-state index in [0.717, 1.165) is 5.69 Å². The first kappa shape index (κ1) is 12.9. The number of hydrogen-bond acceptors (Lipinski definition) is 5. The van der Waals surface area contributed by atoms with Gasteiger partial charge in [-0.05, 0) is 18.2 Å². The summed E-state index contributed by atoms with van der Waals surface area (Å²) in [5.74, 6) is 0. The molecule has 0 radical (unpaired) electrons. The number of hydrogen-bond donors (Lipinski definition) is 1. The Hall–Kier alpha value is -2.55. The van der Waals surface area contributed by atoms with Crippen LogP contribution in [0.4, 0.5) is 11.4 Å². The largest absolute Gasteiger partial charge is 0.463 e. The van der Waals surface area contributed by atoms with Gasteiger partial charge in [-0.15, -0.1) is 0 Å². The van der Waals surface area contributed by atoms with E-state index < -0.39 is 0 Å². The smallest absolute Gasteiger partial charge is 0.289 e. The molecule has 0 aliphatic carbocycles. The van der Waals surface area contributed by atoms with Gasteiger partial charge in [0, 0.05) is 19.8 Å². The van der Waals surface area contributed by atoms with Crippen LogP contribution in [0.15, 0.2) is 28.2 Å². The van der Waals surface area contributed by atoms with Crippen LogP contribution in [0.2, 0.25) is 0 Å². The summed E-state index contributed by atoms with van der Waals surface area (Å²) in [6.45, 7) is 1.26. The van der Waals surface area contributed by atoms with Crippen LogP contribution in [-0.4, -0.2) is 44.5 Å². The predicted octanol–water partition coefficient (Wildman–Crippen LogP) is 1.58. The van der Waals surface area contributed by atoms with E-state index in [9.17, 15) is 0 Å². The lowest BCUT2D eigenvalue weighted by Crippen LogP contribution is -2.11. The second-order valence-corrected chi connectivity index (χ2v) is 4.21. The molecule has 0 amide bonds. The first-order valence-corrected chi connectivity index (χ1v) is 5.88. The Morgan fingerprint density at radius 1 is 1.53 bits per heavy atom. The quantitative estimate of drug-likeness (QED) is 0.659. The molecule has 0 atom stereocenters. The number of nitriles is 1. The number of amidine groups is 1. The summed E-state index contributed by atoms with van der Waals surface area (Å²) >= 11 is 0. The fourth-order valence-electron chi connectivity index (χ4n) is 1.53. The molecule has 0 saturated heterocycles. The molecule has 0 saturated carbocycles. The number of nitrogens with zero attached hydrogens (tertiary/aromatic N) is 4. The second-order valence-electron chi connectivity index (χ2n) is 4.21. The minimum atomic E-state index is 0.494. The molecule has 0 unspecified atom stereocenters. The summed E-state index contributed by atoms with van der Waals surface area (Å²) < 4.78 is 5.26. The first-order chi connectivity index (χ1) is 9.19. The molecule has 2 rings (SSSR count). The van der Waals surface area contributed by atoms with Crippen LogP contribution >= 0.6 is 0 Å². The zero-order chi connectivity index (χ0) is 13.7. The van der Waals surface area contributed by atoms with Gasteiger partial charge in [0.25, 0.3) is 6.02 Å². The summed E-state index contributed by atoms with van der Waals surface area (Å²) in [5.41, 5.74) is 1.90. The van der Waals surface area contributed by atoms with E-state index in [1.807, 2.05) is 25.1 Å². The molecule has 6 nitrogen and oxygen atoms in total. The highest BCUT2D eigenvalue weighted by atomic mass is 16.5. The third-order valence-electron chi connectivity index (χ3n) is 2.38. The van der Waals surface area contributed by atoms with Gasteiger partial charge in [-0.2, -0.15) is 5.26 Å². The zero-order valence-corrected chi connectivity index (χ0v) is 10.9. The number of nitrogens with one attached hydrogen (secondary N) is 1. The van der Waals surface area contributed by atoms with Crippen LogP contribution in [-0.2, 0) is 4.74 Å². The zero-order valence-electron chi connectivity index (χ0n) is 10.9. The van der Waals surface area contributed by atoms with Crippen molar-refractivity contribution in [2.24, 2.45) is 9.98 Å². The highest BCUT2D eigenvalue weighted by molar-refractivity contribution is 5.90. The lowest BCUT2D eigenvalue weighted by atomic mass is 10.2. The Labute approximate surface area is 112 Å². The number of rotatable bonds is 3. The topological polar surface area (TPSA) is 73.0 Å². The predicted molar refractivity (Wildman–Crippen MR) is 74.9 cm³/mol. The number of ether oxygens (including phenoxy) is 1. The number of anilines is 1. The Kier molecular flexibility index (Phi) is 3.98. The minimum absolute atomic E-state index is 0.494. The molecule has 1 aliphatic heterocycles. The Morgan fingerprint density at radius 2 is 2.37 bits per heavy atom. The molecule has 98 valence electrons. The molecular formula is C13H15N5O. The molecule has 1 aromatic carbocycles. The van der Waals surface area contributed by atoms with Crippen molar-refractivity contribution in [1.82, 2.24) is 4.90 Å². The minimum Gasteiger partial charge on any atom is -0.463 e. The van der Waals surface area contributed by atoms with Gasteiger partial charge in [-0.25, -0.2) is 9.98 Å². The number of benzene rings is 1. The maximum Gasteiger partial charge on any atom is 0.289 e. The summed E-state index contributed by atoms with van der Waals surface area (Å²) in [5, 5.41) is 12.2. The van der Waals surface area contributed by atoms with Gasteiger partial charge in [0.15, 0.2) is 0 Å². The second kappa shape index (κ2) is 5.87. The van der Waals surface area contributed by atoms with Gasteiger partial charge in [-0.3, -0.25) is 0 Å². The molecule has 1 aliphatic rings. The lowest BCUT2D eigenvalue weighted by molar-refractivity contribution is 0.346. The number of aliphatic imine (C=N–C) groups is 2. The highest BCUT2D eigenvalue weighted by Gasteiger charge is 2.08. The van der Waals surface area contributed by atoms with E-state index in [2.05, 4.69) is 21.4 Å². The molecule has 0 bridgehead atoms. The highest BCUT2D eigenvalue weighted by Crippen LogP contribution is 2.22. The van der Waals surface area contributed by atoms with Crippen LogP contribution in [0.3, 0.4) is 0 Å². The summed E-state index contributed by atoms with van der Waals surface area (Å²) in [4.78, 5) is 10.2. The van der Waals surface area contributed by atoms with E-state index in [1.165, 1.54) is 0 Å². The molecule has 19 heavy (non-hydrogen) atoms. The molecule has 1 aromatic rings. The fraction of sp³-hybridized carbons (Fsp3) is 0.308. The van der Waals surface area contributed by atoms with Crippen molar-refractivity contribution in [2.45, 2.75) is 0 Å². The molecule has 1 N–H and O–H groups in total. The van der Waals surface area contributed by atoms with Gasteiger partial charge in [0.05, 0.1) is 24.1 Å². The third-order valence-corrected chi connectivity index (χ3v) is 2.38. The molecule has 0 aromatic heterocycles. The van der Waals surface area contributed by atoms with Gasteiger partial charge < -0.3 is 15.0 Å². The lowest BCUT2D eigenvalue weighted by Gasteiger charge is -2.07. The molecular weight excluding hydrogens is 242 g/mol. The van der Waals surface area contributed by atoms with Gasteiger partial charge in [0.2, 0.25) is 0 Å². The normalized spacial score (nSPS) is 13.8. The summed E-state index contributed by atoms with van der Waals surface area (Å²) in [6, 6.07) is 7.98. The van der Waals surface area contributed by atoms with E-state index in [-0.39, 0.29) is 0 Å². The molecule has 1 heterocycles. The molecule has 6 heteroatoms. The summed E-state index contributed by atoms with van der Waals surface area (Å²) in [7, 11) is 3.75. The van der Waals surface area contributed by atoms with Crippen molar-refractivity contribution < 1.29 is 4.74 Å². The first-order valence-electron chi connectivity index (χ1n) is 5.88. The van der Waals surface area contributed by atoms with Gasteiger partial charge in [0.1, 0.15) is 12.7 Å². The van der Waals surface area contributed by atoms with Crippen molar-refractivity contribution in [3.05, 3.63) is 23.8 Å². The van der Waals surface area contributed by atoms with E-state index >= 15 is 0 Å². The van der Waals surface area contributed by atoms with Gasteiger partial charge in [-0.1, -0.05) is 0 Å². The van der Waals surface area contributed by atoms with Crippen molar-refractivity contribution in [3.8, 4) is 6.07 Å². The SMILES string of the molecule is CN(C)C=Nc1ccc(NC2=NCCO2)cc1C#N. The van der Waals surface area contributed by atoms with Crippen LogP contribution in [0.1, 0.15) is 5.56 Å². The molecule has 0 spiro atoms.